The maximum Gasteiger partial charge on any atom is 0.410 e. The molecule has 1 aromatic carbocycles. The first kappa shape index (κ1) is 27.1. The van der Waals surface area contributed by atoms with Crippen LogP contribution in [0.5, 0.6) is 0 Å². The van der Waals surface area contributed by atoms with Crippen molar-refractivity contribution in [2.75, 3.05) is 23.3 Å². The molecule has 0 aliphatic carbocycles. The Morgan fingerprint density at radius 3 is 2.58 bits per heavy atom. The van der Waals surface area contributed by atoms with Crippen molar-refractivity contribution < 1.29 is 9.53 Å². The number of nitrogens with one attached hydrogen (secondary N) is 1. The van der Waals surface area contributed by atoms with Crippen LogP contribution in [0.4, 0.5) is 22.1 Å². The van der Waals surface area contributed by atoms with Gasteiger partial charge in [-0.1, -0.05) is 6.07 Å². The van der Waals surface area contributed by atoms with Crippen molar-refractivity contribution in [3.63, 3.8) is 0 Å². The lowest BCUT2D eigenvalue weighted by atomic mass is 10.0. The summed E-state index contributed by atoms with van der Waals surface area (Å²) in [6.45, 7) is 9.29. The first-order chi connectivity index (χ1) is 20.7. The average Bonchev–Trinajstić information content (AvgIpc) is 3.54. The maximum atomic E-state index is 12.9. The third kappa shape index (κ3) is 5.42. The van der Waals surface area contributed by atoms with Crippen molar-refractivity contribution in [1.29, 1.82) is 0 Å². The number of benzene rings is 1. The molecule has 2 fully saturated rings. The summed E-state index contributed by atoms with van der Waals surface area (Å²) in [4.78, 5) is 35.5. The van der Waals surface area contributed by atoms with Gasteiger partial charge in [0.1, 0.15) is 29.6 Å². The Balaban J connectivity index is 1.09. The molecule has 2 unspecified atom stereocenters. The van der Waals surface area contributed by atoms with Gasteiger partial charge in [-0.3, -0.25) is 4.90 Å². The Hall–Kier alpha value is -4.80. The van der Waals surface area contributed by atoms with E-state index in [0.29, 0.717) is 11.3 Å². The molecule has 43 heavy (non-hydrogen) atoms. The zero-order valence-corrected chi connectivity index (χ0v) is 24.9. The highest BCUT2D eigenvalue weighted by Gasteiger charge is 2.44. The van der Waals surface area contributed by atoms with Gasteiger partial charge in [-0.05, 0) is 100 Å². The number of aryl methyl sites for hydroxylation is 1. The van der Waals surface area contributed by atoms with E-state index in [1.807, 2.05) is 44.0 Å². The number of nitrogens with zero attached hydrogens (tertiary/aromatic N) is 8. The number of rotatable bonds is 5. The topological polar surface area (TPSA) is 114 Å². The second kappa shape index (κ2) is 10.5. The molecule has 2 saturated heterocycles. The number of fused-ring (bicyclic) bond motifs is 4. The fourth-order valence-corrected chi connectivity index (χ4v) is 6.20. The molecule has 220 valence electrons. The van der Waals surface area contributed by atoms with Crippen LogP contribution >= 0.6 is 0 Å². The SMILES string of the molecule is Cc1cc(Nc2ncnc3ccc(N4CC5CCC(C4)N5C(=O)OC(C)(C)C)nc23)ccc1Cc1ccn2ncnc2c1. The summed E-state index contributed by atoms with van der Waals surface area (Å²) in [5, 5.41) is 7.66. The number of carbonyl (C=O) groups excluding carboxylic acids is 1. The normalized spacial score (nSPS) is 18.4. The third-order valence-corrected chi connectivity index (χ3v) is 8.22. The first-order valence-corrected chi connectivity index (χ1v) is 14.7. The number of hydrogen-bond acceptors (Lipinski definition) is 9. The molecule has 0 saturated carbocycles. The number of hydrogen-bond donors (Lipinski definition) is 1. The van der Waals surface area contributed by atoms with E-state index in [1.54, 1.807) is 17.2 Å². The fourth-order valence-electron chi connectivity index (χ4n) is 6.20. The molecule has 4 aromatic heterocycles. The predicted octanol–water partition coefficient (Wildman–Crippen LogP) is 5.30. The number of carbonyl (C=O) groups is 1. The van der Waals surface area contributed by atoms with Gasteiger partial charge in [0.05, 0.1) is 17.6 Å². The highest BCUT2D eigenvalue weighted by molar-refractivity contribution is 5.88. The largest absolute Gasteiger partial charge is 0.444 e. The smallest absolute Gasteiger partial charge is 0.410 e. The molecule has 11 heteroatoms. The lowest BCUT2D eigenvalue weighted by Crippen LogP contribution is -2.57. The summed E-state index contributed by atoms with van der Waals surface area (Å²) in [5.41, 5.74) is 6.35. The van der Waals surface area contributed by atoms with E-state index >= 15 is 0 Å². The molecule has 7 rings (SSSR count). The van der Waals surface area contributed by atoms with Gasteiger partial charge in [0, 0.05) is 25.0 Å². The zero-order valence-electron chi connectivity index (χ0n) is 24.9. The van der Waals surface area contributed by atoms with Crippen LogP contribution in [0.2, 0.25) is 0 Å². The molecule has 5 aromatic rings. The monoisotopic (exact) mass is 577 g/mol. The minimum Gasteiger partial charge on any atom is -0.444 e. The molecular weight excluding hydrogens is 542 g/mol. The van der Waals surface area contributed by atoms with E-state index in [-0.39, 0.29) is 18.2 Å². The Morgan fingerprint density at radius 1 is 1.00 bits per heavy atom. The second-order valence-electron chi connectivity index (χ2n) is 12.5. The maximum absolute atomic E-state index is 12.9. The predicted molar refractivity (Wildman–Crippen MR) is 165 cm³/mol. The van der Waals surface area contributed by atoms with Gasteiger partial charge in [0.2, 0.25) is 0 Å². The molecule has 2 aliphatic rings. The summed E-state index contributed by atoms with van der Waals surface area (Å²) in [7, 11) is 0. The van der Waals surface area contributed by atoms with E-state index in [0.717, 1.165) is 55.0 Å². The molecular formula is C32H35N9O2. The van der Waals surface area contributed by atoms with E-state index < -0.39 is 5.60 Å². The van der Waals surface area contributed by atoms with Crippen molar-refractivity contribution >= 4 is 40.1 Å². The van der Waals surface area contributed by atoms with Crippen molar-refractivity contribution in [3.05, 3.63) is 78.0 Å². The van der Waals surface area contributed by atoms with Crippen LogP contribution in [0.25, 0.3) is 16.7 Å². The van der Waals surface area contributed by atoms with Crippen LogP contribution in [0.3, 0.4) is 0 Å². The van der Waals surface area contributed by atoms with Crippen LogP contribution < -0.4 is 10.2 Å². The van der Waals surface area contributed by atoms with Gasteiger partial charge in [0.15, 0.2) is 11.5 Å². The summed E-state index contributed by atoms with van der Waals surface area (Å²) in [6.07, 6.45) is 7.59. The van der Waals surface area contributed by atoms with Crippen molar-refractivity contribution in [2.24, 2.45) is 0 Å². The number of ether oxygens (including phenoxy) is 1. The average molecular weight is 578 g/mol. The van der Waals surface area contributed by atoms with Crippen molar-refractivity contribution in [1.82, 2.24) is 34.4 Å². The Bertz CT molecular complexity index is 1820. The summed E-state index contributed by atoms with van der Waals surface area (Å²) in [6, 6.07) is 14.7. The Labute approximate surface area is 249 Å². The molecule has 2 aliphatic heterocycles. The van der Waals surface area contributed by atoms with Crippen molar-refractivity contribution in [3.8, 4) is 0 Å². The Kier molecular flexibility index (Phi) is 6.60. The summed E-state index contributed by atoms with van der Waals surface area (Å²) in [5.74, 6) is 1.52. The molecule has 11 nitrogen and oxygen atoms in total. The molecule has 0 radical (unpaired) electrons. The van der Waals surface area contributed by atoms with Gasteiger partial charge in [-0.25, -0.2) is 29.2 Å². The summed E-state index contributed by atoms with van der Waals surface area (Å²) < 4.78 is 7.48. The Morgan fingerprint density at radius 2 is 1.81 bits per heavy atom. The number of piperazine rings is 1. The van der Waals surface area contributed by atoms with Crippen molar-refractivity contribution in [2.45, 2.75) is 64.6 Å². The summed E-state index contributed by atoms with van der Waals surface area (Å²) >= 11 is 0. The van der Waals surface area contributed by atoms with Gasteiger partial charge in [-0.15, -0.1) is 0 Å². The van der Waals surface area contributed by atoms with Gasteiger partial charge >= 0.3 is 6.09 Å². The van der Waals surface area contributed by atoms with Gasteiger partial charge in [-0.2, -0.15) is 5.10 Å². The number of amides is 1. The minimum atomic E-state index is -0.511. The second-order valence-corrected chi connectivity index (χ2v) is 12.5. The van der Waals surface area contributed by atoms with Crippen LogP contribution in [-0.2, 0) is 11.2 Å². The highest BCUT2D eigenvalue weighted by Crippen LogP contribution is 2.34. The minimum absolute atomic E-state index is 0.107. The van der Waals surface area contributed by atoms with Gasteiger partial charge in [0.25, 0.3) is 0 Å². The molecule has 1 N–H and O–H groups in total. The van der Waals surface area contributed by atoms with E-state index in [2.05, 4.69) is 67.5 Å². The first-order valence-electron chi connectivity index (χ1n) is 14.7. The lowest BCUT2D eigenvalue weighted by molar-refractivity contribution is 0.0122. The van der Waals surface area contributed by atoms with E-state index in [4.69, 9.17) is 9.72 Å². The fraction of sp³-hybridized carbons (Fsp3) is 0.375. The number of pyridine rings is 2. The van der Waals surface area contributed by atoms with Crippen LogP contribution in [0.15, 0.2) is 61.3 Å². The number of anilines is 3. The number of aromatic nitrogens is 6. The van der Waals surface area contributed by atoms with Crippen LogP contribution in [0.1, 0.15) is 50.3 Å². The molecule has 2 atom stereocenters. The zero-order chi connectivity index (χ0) is 29.7. The van der Waals surface area contributed by atoms with Crippen LogP contribution in [-0.4, -0.2) is 71.3 Å². The van der Waals surface area contributed by atoms with Gasteiger partial charge < -0.3 is 15.0 Å². The molecule has 2 bridgehead atoms. The van der Waals surface area contributed by atoms with E-state index in [1.165, 1.54) is 16.7 Å². The molecule has 1 amide bonds. The molecule has 0 spiro atoms. The third-order valence-electron chi connectivity index (χ3n) is 8.22. The molecule has 6 heterocycles. The quantitative estimate of drug-likeness (QED) is 0.297. The highest BCUT2D eigenvalue weighted by atomic mass is 16.6. The van der Waals surface area contributed by atoms with E-state index in [9.17, 15) is 4.79 Å². The standard InChI is InChI=1S/C32H35N9O2/c1-20-13-23(6-5-22(20)14-21-11-12-40-28(15-21)34-19-36-40)37-30-29-26(33-18-35-30)9-10-27(38-29)39-16-24-7-8-25(17-39)41(24)31(42)43-32(2,3)4/h5-6,9-13,15,18-19,24-25H,7-8,14,16-17H2,1-4H3,(H,33,35,37). The van der Waals surface area contributed by atoms with Crippen LogP contribution in [0, 0.1) is 6.92 Å². The lowest BCUT2D eigenvalue weighted by Gasteiger charge is -2.41.